The molecule has 6 heteroatoms. The topological polar surface area (TPSA) is 35.7 Å². The molecule has 0 saturated carbocycles. The molecular weight excluding hydrogens is 400 g/mol. The molecule has 0 saturated heterocycles. The van der Waals surface area contributed by atoms with E-state index in [0.717, 1.165) is 45.4 Å². The second kappa shape index (κ2) is 6.67. The highest BCUT2D eigenvalue weighted by molar-refractivity contribution is 9.10. The average molecular weight is 420 g/mol. The lowest BCUT2D eigenvalue weighted by atomic mass is 10.0. The van der Waals surface area contributed by atoms with Crippen molar-refractivity contribution >= 4 is 38.5 Å². The fourth-order valence-corrected chi connectivity index (χ4v) is 4.87. The Hall–Kier alpha value is -1.50. The molecule has 1 atom stereocenters. The molecule has 1 N–H and O–H groups in total. The van der Waals surface area contributed by atoms with Crippen LogP contribution in [0.5, 0.6) is 5.75 Å². The highest BCUT2D eigenvalue weighted by Crippen LogP contribution is 2.38. The van der Waals surface area contributed by atoms with Gasteiger partial charge in [-0.3, -0.25) is 0 Å². The van der Waals surface area contributed by atoms with Crippen molar-refractivity contribution in [3.8, 4) is 5.75 Å². The van der Waals surface area contributed by atoms with Gasteiger partial charge < -0.3 is 9.84 Å². The fraction of sp³-hybridized carbons (Fsp3) is 0.316. The molecule has 0 radical (unpaired) electrons. The molecular formula is C19H20BrN2O2S+. The van der Waals surface area contributed by atoms with Gasteiger partial charge in [0.05, 0.1) is 13.7 Å². The van der Waals surface area contributed by atoms with Crippen molar-refractivity contribution in [2.24, 2.45) is 0 Å². The van der Waals surface area contributed by atoms with Crippen LogP contribution in [0, 0.1) is 0 Å². The van der Waals surface area contributed by atoms with Crippen LogP contribution in [0.15, 0.2) is 53.0 Å². The average Bonchev–Trinajstić information content (AvgIpc) is 2.97. The summed E-state index contributed by atoms with van der Waals surface area (Å²) >= 11 is 5.31. The number of ether oxygens (including phenoxy) is 1. The predicted molar refractivity (Wildman–Crippen MR) is 106 cm³/mol. The van der Waals surface area contributed by atoms with E-state index in [-0.39, 0.29) is 0 Å². The summed E-state index contributed by atoms with van der Waals surface area (Å²) in [4.78, 5) is 2.22. The first-order valence-corrected chi connectivity index (χ1v) is 10.1. The van der Waals surface area contributed by atoms with Gasteiger partial charge in [0.25, 0.3) is 5.72 Å². The molecule has 0 aromatic heterocycles. The van der Waals surface area contributed by atoms with Gasteiger partial charge in [-0.2, -0.15) is 0 Å². The Labute approximate surface area is 160 Å². The van der Waals surface area contributed by atoms with Gasteiger partial charge in [0.1, 0.15) is 11.4 Å². The zero-order valence-electron chi connectivity index (χ0n) is 14.0. The smallest absolute Gasteiger partial charge is 0.316 e. The first kappa shape index (κ1) is 16.9. The predicted octanol–water partition coefficient (Wildman–Crippen LogP) is 3.63. The van der Waals surface area contributed by atoms with E-state index in [2.05, 4.69) is 37.5 Å². The van der Waals surface area contributed by atoms with Crippen molar-refractivity contribution in [3.05, 3.63) is 58.6 Å². The van der Waals surface area contributed by atoms with Crippen LogP contribution in [0.2, 0.25) is 0 Å². The van der Waals surface area contributed by atoms with Crippen molar-refractivity contribution in [3.63, 3.8) is 0 Å². The van der Waals surface area contributed by atoms with E-state index in [4.69, 9.17) is 4.74 Å². The van der Waals surface area contributed by atoms with E-state index in [9.17, 15) is 5.11 Å². The summed E-state index contributed by atoms with van der Waals surface area (Å²) in [6, 6.07) is 16.0. The maximum Gasteiger partial charge on any atom is 0.316 e. The molecule has 0 amide bonds. The van der Waals surface area contributed by atoms with Crippen LogP contribution in [0.4, 0.5) is 5.69 Å². The maximum absolute atomic E-state index is 11.6. The normalized spacial score (nSPS) is 22.9. The molecule has 2 heterocycles. The standard InChI is InChI=1S/C19H20BrN2O2S/c1-24-17-9-3-14(4-10-17)19(23)13-21(16-7-5-15(20)6-8-16)18-22(19)11-2-12-25-18/h3-10,23H,2,11-13H2,1H3/q+1. The summed E-state index contributed by atoms with van der Waals surface area (Å²) in [5.41, 5.74) is 0.970. The van der Waals surface area contributed by atoms with Crippen LogP contribution < -0.4 is 9.64 Å². The molecule has 1 unspecified atom stereocenters. The SMILES string of the molecule is COc1ccc(C2(O)CN(c3ccc(Br)cc3)C3=[N+]2CCCS3)cc1. The minimum atomic E-state index is -1.03. The number of rotatable bonds is 3. The summed E-state index contributed by atoms with van der Waals surface area (Å²) in [5, 5.41) is 12.7. The quantitative estimate of drug-likeness (QED) is 0.770. The lowest BCUT2D eigenvalue weighted by Gasteiger charge is -2.24. The highest BCUT2D eigenvalue weighted by atomic mass is 79.9. The van der Waals surface area contributed by atoms with Gasteiger partial charge in [-0.25, -0.2) is 9.48 Å². The molecule has 130 valence electrons. The van der Waals surface area contributed by atoms with Crippen LogP contribution in [0.3, 0.4) is 0 Å². The summed E-state index contributed by atoms with van der Waals surface area (Å²) in [6.45, 7) is 1.38. The van der Waals surface area contributed by atoms with Gasteiger partial charge in [0.15, 0.2) is 6.54 Å². The van der Waals surface area contributed by atoms with Crippen LogP contribution in [-0.4, -0.2) is 40.8 Å². The van der Waals surface area contributed by atoms with Gasteiger partial charge in [-0.15, -0.1) is 0 Å². The van der Waals surface area contributed by atoms with Crippen LogP contribution in [0.25, 0.3) is 0 Å². The number of β-amino-alcohol motifs (C(OH)–C–C–N with tert-alkyl or cyclic N) is 1. The third kappa shape index (κ3) is 2.96. The summed E-state index contributed by atoms with van der Waals surface area (Å²) in [6.07, 6.45) is 1.07. The van der Waals surface area contributed by atoms with Gasteiger partial charge in [0, 0.05) is 15.8 Å². The number of thioether (sulfide) groups is 1. The molecule has 0 fully saturated rings. The molecule has 2 aromatic carbocycles. The Morgan fingerprint density at radius 1 is 1.16 bits per heavy atom. The number of amidine groups is 1. The van der Waals surface area contributed by atoms with Crippen LogP contribution >= 0.6 is 27.7 Å². The molecule has 0 spiro atoms. The summed E-state index contributed by atoms with van der Waals surface area (Å²) < 4.78 is 8.45. The summed E-state index contributed by atoms with van der Waals surface area (Å²) in [5.74, 6) is 1.88. The van der Waals surface area contributed by atoms with E-state index in [1.807, 2.05) is 48.2 Å². The van der Waals surface area contributed by atoms with Crippen molar-refractivity contribution in [1.29, 1.82) is 0 Å². The van der Waals surface area contributed by atoms with Crippen LogP contribution in [0.1, 0.15) is 12.0 Å². The second-order valence-corrected chi connectivity index (χ2v) is 8.22. The van der Waals surface area contributed by atoms with E-state index >= 15 is 0 Å². The largest absolute Gasteiger partial charge is 0.497 e. The number of halogens is 1. The number of nitrogens with zero attached hydrogens (tertiary/aromatic N) is 2. The number of benzene rings is 2. The monoisotopic (exact) mass is 419 g/mol. The molecule has 4 nitrogen and oxygen atoms in total. The minimum Gasteiger partial charge on any atom is -0.497 e. The minimum absolute atomic E-state index is 0.517. The Bertz CT molecular complexity index is 807. The van der Waals surface area contributed by atoms with E-state index in [1.54, 1.807) is 7.11 Å². The molecule has 2 aromatic rings. The van der Waals surface area contributed by atoms with E-state index < -0.39 is 5.72 Å². The van der Waals surface area contributed by atoms with Gasteiger partial charge >= 0.3 is 5.17 Å². The van der Waals surface area contributed by atoms with Crippen molar-refractivity contribution < 1.29 is 14.4 Å². The first-order chi connectivity index (χ1) is 12.1. The fourth-order valence-electron chi connectivity index (χ4n) is 3.43. The van der Waals surface area contributed by atoms with Crippen LogP contribution in [-0.2, 0) is 5.72 Å². The Morgan fingerprint density at radius 3 is 2.56 bits per heavy atom. The molecule has 4 rings (SSSR count). The van der Waals surface area contributed by atoms with Crippen molar-refractivity contribution in [1.82, 2.24) is 0 Å². The third-order valence-corrected chi connectivity index (χ3v) is 6.46. The van der Waals surface area contributed by atoms with Crippen molar-refractivity contribution in [2.75, 3.05) is 30.9 Å². The molecule has 2 aliphatic rings. The van der Waals surface area contributed by atoms with E-state index in [1.165, 1.54) is 0 Å². The van der Waals surface area contributed by atoms with Gasteiger partial charge in [-0.1, -0.05) is 15.9 Å². The zero-order chi connectivity index (χ0) is 17.4. The maximum atomic E-state index is 11.6. The molecule has 0 bridgehead atoms. The highest BCUT2D eigenvalue weighted by Gasteiger charge is 2.53. The number of hydrogen-bond donors (Lipinski definition) is 1. The van der Waals surface area contributed by atoms with Crippen molar-refractivity contribution in [2.45, 2.75) is 12.1 Å². The Balaban J connectivity index is 1.76. The zero-order valence-corrected chi connectivity index (χ0v) is 16.4. The number of methoxy groups -OCH3 is 1. The lowest BCUT2D eigenvalue weighted by Crippen LogP contribution is -2.41. The number of aliphatic hydroxyl groups is 1. The number of hydrogen-bond acceptors (Lipinski definition) is 4. The van der Waals surface area contributed by atoms with Gasteiger partial charge in [-0.05, 0) is 66.7 Å². The summed E-state index contributed by atoms with van der Waals surface area (Å²) in [7, 11) is 1.65. The first-order valence-electron chi connectivity index (χ1n) is 8.29. The molecule has 0 aliphatic carbocycles. The van der Waals surface area contributed by atoms with E-state index in [0.29, 0.717) is 6.54 Å². The lowest BCUT2D eigenvalue weighted by molar-refractivity contribution is -0.656. The molecule has 2 aliphatic heterocycles. The Kier molecular flexibility index (Phi) is 4.52. The Morgan fingerprint density at radius 2 is 1.88 bits per heavy atom. The molecule has 25 heavy (non-hydrogen) atoms. The third-order valence-electron chi connectivity index (χ3n) is 4.73. The second-order valence-electron chi connectivity index (χ2n) is 6.24. The van der Waals surface area contributed by atoms with Gasteiger partial charge in [0.2, 0.25) is 0 Å². The number of anilines is 1.